The summed E-state index contributed by atoms with van der Waals surface area (Å²) < 4.78 is 21.5. The number of thiazole rings is 1. The fraction of sp³-hybridized carbons (Fsp3) is 0.222. The van der Waals surface area contributed by atoms with Crippen LogP contribution in [-0.2, 0) is 14.3 Å². The molecule has 3 heterocycles. The predicted molar refractivity (Wildman–Crippen MR) is 142 cm³/mol. The molecule has 1 saturated heterocycles. The number of aryl methyl sites for hydroxylation is 1. The third-order valence-electron chi connectivity index (χ3n) is 5.91. The summed E-state index contributed by atoms with van der Waals surface area (Å²) in [5.41, 5.74) is 0.764. The molecule has 0 radical (unpaired) electrons. The Balaban J connectivity index is 1.97. The standard InChI is InChI=1S/C27H25N3O8S/c1-6-11-38-26(34)24-14(2)29-27(39-24)30-20(16-12-17(35-3)23(37-5)18(13-16)36-4)19(22(32)25(30)33)21(31)15-7-9-28-10-8-15/h6-10,12-13,20,31H,1,11H2,2-5H3. The first kappa shape index (κ1) is 27.3. The van der Waals surface area contributed by atoms with Gasteiger partial charge < -0.3 is 24.1 Å². The quantitative estimate of drug-likeness (QED) is 0.137. The van der Waals surface area contributed by atoms with Crippen LogP contribution in [0.3, 0.4) is 0 Å². The van der Waals surface area contributed by atoms with Gasteiger partial charge in [-0.05, 0) is 36.8 Å². The number of carbonyl (C=O) groups is 3. The van der Waals surface area contributed by atoms with Gasteiger partial charge in [-0.1, -0.05) is 24.0 Å². The number of aliphatic hydroxyl groups is 1. The number of hydrogen-bond acceptors (Lipinski definition) is 11. The largest absolute Gasteiger partial charge is 0.507 e. The van der Waals surface area contributed by atoms with Crippen molar-refractivity contribution in [3.8, 4) is 17.2 Å². The van der Waals surface area contributed by atoms with Gasteiger partial charge in [0.05, 0.1) is 38.6 Å². The number of benzene rings is 1. The minimum absolute atomic E-state index is 0.00656. The van der Waals surface area contributed by atoms with Crippen LogP contribution in [0.25, 0.3) is 5.76 Å². The minimum atomic E-state index is -1.16. The predicted octanol–water partition coefficient (Wildman–Crippen LogP) is 3.84. The van der Waals surface area contributed by atoms with E-state index < -0.39 is 29.5 Å². The number of esters is 1. The average Bonchev–Trinajstić information content (AvgIpc) is 3.47. The molecule has 4 rings (SSSR count). The molecule has 1 aliphatic rings. The third-order valence-corrected chi connectivity index (χ3v) is 7.05. The highest BCUT2D eigenvalue weighted by atomic mass is 32.1. The number of rotatable bonds is 9. The molecule has 0 aliphatic carbocycles. The molecule has 0 saturated carbocycles. The second-order valence-electron chi connectivity index (χ2n) is 8.16. The van der Waals surface area contributed by atoms with E-state index in [0.29, 0.717) is 17.0 Å². The first-order valence-electron chi connectivity index (χ1n) is 11.5. The zero-order chi connectivity index (χ0) is 28.3. The molecule has 1 unspecified atom stereocenters. The minimum Gasteiger partial charge on any atom is -0.507 e. The average molecular weight is 552 g/mol. The zero-order valence-corrected chi connectivity index (χ0v) is 22.4. The maximum absolute atomic E-state index is 13.5. The summed E-state index contributed by atoms with van der Waals surface area (Å²) >= 11 is 0.888. The Bertz CT molecular complexity index is 1460. The molecule has 3 aromatic rings. The number of aromatic nitrogens is 2. The molecule has 12 heteroatoms. The van der Waals surface area contributed by atoms with E-state index in [0.717, 1.165) is 16.2 Å². The lowest BCUT2D eigenvalue weighted by molar-refractivity contribution is -0.132. The Labute approximate surface area is 227 Å². The van der Waals surface area contributed by atoms with Gasteiger partial charge in [0.1, 0.15) is 17.2 Å². The summed E-state index contributed by atoms with van der Waals surface area (Å²) in [6.45, 7) is 5.11. The molecule has 0 bridgehead atoms. The first-order chi connectivity index (χ1) is 18.8. The molecule has 11 nitrogen and oxygen atoms in total. The zero-order valence-electron chi connectivity index (χ0n) is 21.6. The lowest BCUT2D eigenvalue weighted by atomic mass is 9.95. The Morgan fingerprint density at radius 1 is 1.13 bits per heavy atom. The summed E-state index contributed by atoms with van der Waals surface area (Å²) in [5.74, 6) is -2.09. The fourth-order valence-electron chi connectivity index (χ4n) is 4.14. The molecule has 1 aromatic carbocycles. The van der Waals surface area contributed by atoms with Gasteiger partial charge in [-0.25, -0.2) is 9.78 Å². The Kier molecular flexibility index (Phi) is 7.96. The number of carbonyl (C=O) groups excluding carboxylic acids is 3. The van der Waals surface area contributed by atoms with Crippen molar-refractivity contribution in [2.75, 3.05) is 32.8 Å². The summed E-state index contributed by atoms with van der Waals surface area (Å²) in [4.78, 5) is 49.2. The number of hydrogen-bond donors (Lipinski definition) is 1. The van der Waals surface area contributed by atoms with Gasteiger partial charge in [-0.3, -0.25) is 19.5 Å². The number of amides is 1. The molecule has 0 spiro atoms. The van der Waals surface area contributed by atoms with Gasteiger partial charge in [0.15, 0.2) is 16.6 Å². The van der Waals surface area contributed by atoms with Crippen LogP contribution < -0.4 is 19.1 Å². The Morgan fingerprint density at radius 2 is 1.77 bits per heavy atom. The SMILES string of the molecule is C=CCOC(=O)c1sc(N2C(=O)C(=O)C(=C(O)c3ccncc3)C2c2cc(OC)c(OC)c(OC)c2)nc1C. The maximum atomic E-state index is 13.5. The highest BCUT2D eigenvalue weighted by Gasteiger charge is 2.49. The van der Waals surface area contributed by atoms with Crippen molar-refractivity contribution >= 4 is 39.9 Å². The van der Waals surface area contributed by atoms with Gasteiger partial charge in [0, 0.05) is 18.0 Å². The van der Waals surface area contributed by atoms with Crippen LogP contribution in [0.1, 0.15) is 32.5 Å². The number of pyridine rings is 1. The van der Waals surface area contributed by atoms with Crippen LogP contribution >= 0.6 is 11.3 Å². The molecule has 202 valence electrons. The summed E-state index contributed by atoms with van der Waals surface area (Å²) in [6, 6.07) is 5.01. The fourth-order valence-corrected chi connectivity index (χ4v) is 5.13. The van der Waals surface area contributed by atoms with E-state index in [2.05, 4.69) is 16.5 Å². The number of ketones is 1. The van der Waals surface area contributed by atoms with Crippen molar-refractivity contribution in [1.29, 1.82) is 0 Å². The van der Waals surface area contributed by atoms with Crippen LogP contribution in [-0.4, -0.2) is 60.7 Å². The highest BCUT2D eigenvalue weighted by molar-refractivity contribution is 7.17. The number of ether oxygens (including phenoxy) is 4. The molecule has 2 aromatic heterocycles. The molecular weight excluding hydrogens is 526 g/mol. The number of aliphatic hydroxyl groups excluding tert-OH is 1. The third kappa shape index (κ3) is 4.93. The normalized spacial score (nSPS) is 16.2. The Hall–Kier alpha value is -4.71. The molecule has 1 atom stereocenters. The number of Topliss-reactive ketones (excluding diaryl/α,β-unsaturated/α-hetero) is 1. The van der Waals surface area contributed by atoms with Gasteiger partial charge in [0.2, 0.25) is 5.75 Å². The molecular formula is C27H25N3O8S. The number of anilines is 1. The molecule has 1 N–H and O–H groups in total. The van der Waals surface area contributed by atoms with E-state index in [-0.39, 0.29) is 39.3 Å². The molecule has 1 amide bonds. The lowest BCUT2D eigenvalue weighted by Gasteiger charge is -2.24. The van der Waals surface area contributed by atoms with E-state index in [1.807, 2.05) is 0 Å². The maximum Gasteiger partial charge on any atom is 0.350 e. The second-order valence-corrected chi connectivity index (χ2v) is 9.14. The highest BCUT2D eigenvalue weighted by Crippen LogP contribution is 2.48. The van der Waals surface area contributed by atoms with E-state index in [1.54, 1.807) is 19.1 Å². The van der Waals surface area contributed by atoms with E-state index in [9.17, 15) is 19.5 Å². The van der Waals surface area contributed by atoms with Gasteiger partial charge in [0.25, 0.3) is 5.78 Å². The lowest BCUT2D eigenvalue weighted by Crippen LogP contribution is -2.29. The summed E-state index contributed by atoms with van der Waals surface area (Å²) in [5, 5.41) is 11.3. The van der Waals surface area contributed by atoms with Crippen LogP contribution in [0.5, 0.6) is 17.2 Å². The Morgan fingerprint density at radius 3 is 2.33 bits per heavy atom. The summed E-state index contributed by atoms with van der Waals surface area (Å²) in [6.07, 6.45) is 4.33. The van der Waals surface area contributed by atoms with Crippen molar-refractivity contribution < 1.29 is 38.4 Å². The molecule has 1 fully saturated rings. The van der Waals surface area contributed by atoms with Crippen molar-refractivity contribution in [3.63, 3.8) is 0 Å². The van der Waals surface area contributed by atoms with Gasteiger partial charge in [-0.15, -0.1) is 0 Å². The summed E-state index contributed by atoms with van der Waals surface area (Å²) in [7, 11) is 4.31. The second kappa shape index (κ2) is 11.4. The van der Waals surface area contributed by atoms with Gasteiger partial charge >= 0.3 is 11.9 Å². The monoisotopic (exact) mass is 551 g/mol. The number of nitrogens with zero attached hydrogens (tertiary/aromatic N) is 3. The molecule has 1 aliphatic heterocycles. The van der Waals surface area contributed by atoms with E-state index in [1.165, 1.54) is 51.9 Å². The van der Waals surface area contributed by atoms with E-state index >= 15 is 0 Å². The van der Waals surface area contributed by atoms with Crippen LogP contribution in [0.2, 0.25) is 0 Å². The van der Waals surface area contributed by atoms with Crippen molar-refractivity contribution in [2.24, 2.45) is 0 Å². The van der Waals surface area contributed by atoms with Crippen LogP contribution in [0, 0.1) is 6.92 Å². The topological polar surface area (TPSA) is 137 Å². The van der Waals surface area contributed by atoms with Crippen molar-refractivity contribution in [1.82, 2.24) is 9.97 Å². The number of methoxy groups -OCH3 is 3. The van der Waals surface area contributed by atoms with Crippen molar-refractivity contribution in [3.05, 3.63) is 76.6 Å². The van der Waals surface area contributed by atoms with Crippen LogP contribution in [0.15, 0.2) is 54.9 Å². The first-order valence-corrected chi connectivity index (χ1v) is 12.4. The van der Waals surface area contributed by atoms with E-state index in [4.69, 9.17) is 18.9 Å². The van der Waals surface area contributed by atoms with Crippen LogP contribution in [0.4, 0.5) is 5.13 Å². The van der Waals surface area contributed by atoms with Crippen molar-refractivity contribution in [2.45, 2.75) is 13.0 Å². The molecule has 39 heavy (non-hydrogen) atoms. The van der Waals surface area contributed by atoms with Gasteiger partial charge in [-0.2, -0.15) is 0 Å². The smallest absolute Gasteiger partial charge is 0.350 e.